The number of alkyl halides is 2. The molecule has 0 aliphatic rings. The molecule has 1 amide bonds. The molecular formula is C11H12F2N4O. The zero-order chi connectivity index (χ0) is 13.2. The Hall–Kier alpha value is -2.02. The highest BCUT2D eigenvalue weighted by molar-refractivity contribution is 5.97. The van der Waals surface area contributed by atoms with Gasteiger partial charge < -0.3 is 16.0 Å². The van der Waals surface area contributed by atoms with Gasteiger partial charge >= 0.3 is 0 Å². The van der Waals surface area contributed by atoms with Crippen LogP contribution in [-0.4, -0.2) is 34.9 Å². The number of aromatic nitrogens is 2. The van der Waals surface area contributed by atoms with Crippen LogP contribution in [0.15, 0.2) is 24.5 Å². The second kappa shape index (κ2) is 4.69. The largest absolute Gasteiger partial charge is 0.346 e. The van der Waals surface area contributed by atoms with E-state index in [0.29, 0.717) is 16.6 Å². The van der Waals surface area contributed by atoms with Gasteiger partial charge in [-0.25, -0.2) is 13.8 Å². The molecule has 5 nitrogen and oxygen atoms in total. The van der Waals surface area contributed by atoms with E-state index in [9.17, 15) is 13.6 Å². The molecule has 18 heavy (non-hydrogen) atoms. The predicted molar refractivity (Wildman–Crippen MR) is 62.4 cm³/mol. The van der Waals surface area contributed by atoms with Crippen molar-refractivity contribution in [3.8, 4) is 0 Å². The van der Waals surface area contributed by atoms with Gasteiger partial charge in [0.1, 0.15) is 0 Å². The Morgan fingerprint density at radius 2 is 2.28 bits per heavy atom. The number of amides is 1. The smallest absolute Gasteiger partial charge is 0.277 e. The minimum absolute atomic E-state index is 0.291. The molecular weight excluding hydrogens is 242 g/mol. The fraction of sp³-hybridized carbons (Fsp3) is 0.273. The first-order valence-electron chi connectivity index (χ1n) is 5.31. The first-order valence-corrected chi connectivity index (χ1v) is 5.31. The van der Waals surface area contributed by atoms with Crippen molar-refractivity contribution in [2.45, 2.75) is 5.92 Å². The number of aromatic amines is 1. The normalized spacial score (nSPS) is 11.7. The highest BCUT2D eigenvalue weighted by Gasteiger charge is 2.27. The van der Waals surface area contributed by atoms with Crippen molar-refractivity contribution in [2.75, 3.05) is 13.1 Å². The molecule has 0 aliphatic carbocycles. The lowest BCUT2D eigenvalue weighted by Crippen LogP contribution is -2.41. The molecule has 0 saturated heterocycles. The Morgan fingerprint density at radius 3 is 3.00 bits per heavy atom. The predicted octanol–water partition coefficient (Wildman–Crippen LogP) is 0.887. The van der Waals surface area contributed by atoms with Crippen LogP contribution in [0, 0.1) is 0 Å². The number of nitrogens with two attached hydrogens (primary N) is 1. The molecule has 0 bridgehead atoms. The van der Waals surface area contributed by atoms with Crippen LogP contribution in [-0.2, 0) is 0 Å². The van der Waals surface area contributed by atoms with Crippen molar-refractivity contribution in [3.05, 3.63) is 30.1 Å². The van der Waals surface area contributed by atoms with E-state index in [4.69, 9.17) is 5.73 Å². The third-order valence-electron chi connectivity index (χ3n) is 2.49. The van der Waals surface area contributed by atoms with E-state index in [1.807, 2.05) is 0 Å². The van der Waals surface area contributed by atoms with Gasteiger partial charge in [0.2, 0.25) is 0 Å². The third-order valence-corrected chi connectivity index (χ3v) is 2.49. The number of imidazole rings is 1. The fourth-order valence-electron chi connectivity index (χ4n) is 1.46. The molecule has 0 spiro atoms. The Kier molecular flexibility index (Phi) is 3.24. The minimum atomic E-state index is -3.09. The van der Waals surface area contributed by atoms with Crippen molar-refractivity contribution >= 4 is 16.9 Å². The number of nitrogens with one attached hydrogen (secondary N) is 2. The number of carbonyl (C=O) groups excluding carboxylic acids is 1. The zero-order valence-electron chi connectivity index (χ0n) is 9.41. The molecule has 4 N–H and O–H groups in total. The number of halogens is 2. The quantitative estimate of drug-likeness (QED) is 0.757. The van der Waals surface area contributed by atoms with Crippen LogP contribution in [0.25, 0.3) is 11.0 Å². The third kappa shape index (κ3) is 2.62. The Labute approximate surface area is 101 Å². The van der Waals surface area contributed by atoms with Gasteiger partial charge in [0, 0.05) is 5.56 Å². The van der Waals surface area contributed by atoms with Crippen molar-refractivity contribution < 1.29 is 13.6 Å². The molecule has 0 radical (unpaired) electrons. The molecule has 1 aromatic heterocycles. The van der Waals surface area contributed by atoms with Gasteiger partial charge in [-0.1, -0.05) is 0 Å². The van der Waals surface area contributed by atoms with Crippen LogP contribution in [0.1, 0.15) is 10.4 Å². The summed E-state index contributed by atoms with van der Waals surface area (Å²) in [5.41, 5.74) is 6.55. The summed E-state index contributed by atoms with van der Waals surface area (Å²) < 4.78 is 25.8. The van der Waals surface area contributed by atoms with Crippen molar-refractivity contribution in [2.24, 2.45) is 5.73 Å². The van der Waals surface area contributed by atoms with Gasteiger partial charge in [-0.05, 0) is 18.2 Å². The number of benzene rings is 1. The van der Waals surface area contributed by atoms with Gasteiger partial charge in [0.15, 0.2) is 0 Å². The second-order valence-electron chi connectivity index (χ2n) is 3.88. The highest BCUT2D eigenvalue weighted by atomic mass is 19.3. The summed E-state index contributed by atoms with van der Waals surface area (Å²) in [6, 6.07) is 4.72. The molecule has 0 fully saturated rings. The van der Waals surface area contributed by atoms with E-state index in [0.717, 1.165) is 0 Å². The number of H-pyrrole nitrogens is 1. The van der Waals surface area contributed by atoms with Gasteiger partial charge in [0.05, 0.1) is 30.5 Å². The van der Waals surface area contributed by atoms with E-state index in [2.05, 4.69) is 15.3 Å². The molecule has 2 aromatic rings. The first-order chi connectivity index (χ1) is 8.52. The number of hydrogen-bond acceptors (Lipinski definition) is 3. The summed E-state index contributed by atoms with van der Waals surface area (Å²) in [6.07, 6.45) is 1.49. The molecule has 0 saturated carbocycles. The number of carbonyl (C=O) groups is 1. The molecule has 1 aromatic carbocycles. The van der Waals surface area contributed by atoms with E-state index >= 15 is 0 Å². The van der Waals surface area contributed by atoms with Crippen molar-refractivity contribution in [3.63, 3.8) is 0 Å². The molecule has 7 heteroatoms. The average Bonchev–Trinajstić information content (AvgIpc) is 2.83. The molecule has 96 valence electrons. The van der Waals surface area contributed by atoms with Crippen molar-refractivity contribution in [1.82, 2.24) is 15.3 Å². The van der Waals surface area contributed by atoms with Crippen LogP contribution in [0.4, 0.5) is 8.78 Å². The summed E-state index contributed by atoms with van der Waals surface area (Å²) in [5.74, 6) is -3.66. The van der Waals surface area contributed by atoms with E-state index in [-0.39, 0.29) is 0 Å². The number of fused-ring (bicyclic) bond motifs is 1. The van der Waals surface area contributed by atoms with Crippen molar-refractivity contribution in [1.29, 1.82) is 0 Å². The lowest BCUT2D eigenvalue weighted by Gasteiger charge is -2.14. The average molecular weight is 254 g/mol. The van der Waals surface area contributed by atoms with E-state index < -0.39 is 24.9 Å². The lowest BCUT2D eigenvalue weighted by molar-refractivity contribution is 0.0118. The number of hydrogen-bond donors (Lipinski definition) is 3. The maximum Gasteiger partial charge on any atom is 0.277 e. The molecule has 1 heterocycles. The fourth-order valence-corrected chi connectivity index (χ4v) is 1.46. The Balaban J connectivity index is 2.08. The molecule has 0 atom stereocenters. The summed E-state index contributed by atoms with van der Waals surface area (Å²) in [7, 11) is 0. The standard InChI is InChI=1S/C11H12F2N4O/c12-11(13,4-14)5-15-10(18)7-1-2-8-9(3-7)17-6-16-8/h1-3,6H,4-5,14H2,(H,15,18)(H,16,17). The van der Waals surface area contributed by atoms with E-state index in [1.54, 1.807) is 12.1 Å². The summed E-state index contributed by atoms with van der Waals surface area (Å²) >= 11 is 0. The zero-order valence-corrected chi connectivity index (χ0v) is 9.41. The summed E-state index contributed by atoms with van der Waals surface area (Å²) in [4.78, 5) is 18.5. The first kappa shape index (κ1) is 12.4. The summed E-state index contributed by atoms with van der Waals surface area (Å²) in [6.45, 7) is -1.57. The number of nitrogens with zero attached hydrogens (tertiary/aromatic N) is 1. The maximum absolute atomic E-state index is 12.9. The van der Waals surface area contributed by atoms with Gasteiger partial charge in [-0.2, -0.15) is 0 Å². The van der Waals surface area contributed by atoms with Crippen LogP contribution in [0.2, 0.25) is 0 Å². The maximum atomic E-state index is 12.9. The molecule has 0 unspecified atom stereocenters. The number of rotatable bonds is 4. The van der Waals surface area contributed by atoms with E-state index in [1.165, 1.54) is 12.4 Å². The van der Waals surface area contributed by atoms with Gasteiger partial charge in [-0.3, -0.25) is 4.79 Å². The molecule has 2 rings (SSSR count). The Morgan fingerprint density at radius 1 is 1.50 bits per heavy atom. The monoisotopic (exact) mass is 254 g/mol. The lowest BCUT2D eigenvalue weighted by atomic mass is 10.2. The molecule has 0 aliphatic heterocycles. The Bertz CT molecular complexity index is 567. The van der Waals surface area contributed by atoms with Crippen LogP contribution in [0.3, 0.4) is 0 Å². The summed E-state index contributed by atoms with van der Waals surface area (Å²) in [5, 5.41) is 2.14. The highest BCUT2D eigenvalue weighted by Crippen LogP contribution is 2.13. The van der Waals surface area contributed by atoms with Gasteiger partial charge in [-0.15, -0.1) is 0 Å². The second-order valence-corrected chi connectivity index (χ2v) is 3.88. The SMILES string of the molecule is NCC(F)(F)CNC(=O)c1ccc2nc[nH]c2c1. The van der Waals surface area contributed by atoms with Gasteiger partial charge in [0.25, 0.3) is 11.8 Å². The van der Waals surface area contributed by atoms with Crippen LogP contribution < -0.4 is 11.1 Å². The minimum Gasteiger partial charge on any atom is -0.346 e. The van der Waals surface area contributed by atoms with Crippen LogP contribution >= 0.6 is 0 Å². The topological polar surface area (TPSA) is 83.8 Å². The van der Waals surface area contributed by atoms with Crippen LogP contribution in [0.5, 0.6) is 0 Å².